The number of fused-ring (bicyclic) bond motifs is 4. The SMILES string of the molecule is COc1cc2c3c([nH]c2cc1F)C(Cc1cccc(O)c1)N1C(=O)N(CCCN2CCC(C)CC2)C(=O)[C@@H]1C3. The number of ether oxygens (including phenoxy) is 1. The smallest absolute Gasteiger partial charge is 0.328 e. The Hall–Kier alpha value is -3.59. The summed E-state index contributed by atoms with van der Waals surface area (Å²) < 4.78 is 19.8. The summed E-state index contributed by atoms with van der Waals surface area (Å²) in [5, 5.41) is 10.9. The second kappa shape index (κ2) is 10.2. The van der Waals surface area contributed by atoms with E-state index in [1.54, 1.807) is 29.2 Å². The number of aromatic nitrogens is 1. The maximum absolute atomic E-state index is 14.5. The van der Waals surface area contributed by atoms with E-state index in [0.29, 0.717) is 24.9 Å². The van der Waals surface area contributed by atoms with Crippen LogP contribution >= 0.6 is 0 Å². The van der Waals surface area contributed by atoms with Gasteiger partial charge in [-0.3, -0.25) is 9.69 Å². The number of aromatic hydroxyl groups is 1. The molecule has 0 saturated carbocycles. The zero-order valence-corrected chi connectivity index (χ0v) is 22.5. The number of urea groups is 1. The number of nitrogens with zero attached hydrogens (tertiary/aromatic N) is 3. The van der Waals surface area contributed by atoms with Crippen molar-refractivity contribution < 1.29 is 23.8 Å². The van der Waals surface area contributed by atoms with E-state index in [4.69, 9.17) is 4.74 Å². The van der Waals surface area contributed by atoms with Crippen molar-refractivity contribution >= 4 is 22.8 Å². The van der Waals surface area contributed by atoms with Crippen molar-refractivity contribution in [3.8, 4) is 11.5 Å². The van der Waals surface area contributed by atoms with Gasteiger partial charge in [0.15, 0.2) is 11.6 Å². The fourth-order valence-corrected chi connectivity index (χ4v) is 6.52. The van der Waals surface area contributed by atoms with Crippen molar-refractivity contribution in [2.45, 2.75) is 51.1 Å². The largest absolute Gasteiger partial charge is 0.508 e. The topological polar surface area (TPSA) is 89.1 Å². The second-order valence-corrected chi connectivity index (χ2v) is 11.2. The molecule has 3 aromatic rings. The molecule has 6 rings (SSSR count). The lowest BCUT2D eigenvalue weighted by molar-refractivity contribution is -0.128. The Morgan fingerprint density at radius 2 is 1.92 bits per heavy atom. The van der Waals surface area contributed by atoms with Crippen molar-refractivity contribution in [1.82, 2.24) is 19.7 Å². The van der Waals surface area contributed by atoms with Gasteiger partial charge in [0.05, 0.1) is 13.2 Å². The van der Waals surface area contributed by atoms with Gasteiger partial charge in [-0.25, -0.2) is 9.18 Å². The van der Waals surface area contributed by atoms with Gasteiger partial charge >= 0.3 is 6.03 Å². The number of rotatable bonds is 7. The molecular weight excluding hydrogens is 499 g/mol. The molecule has 8 nitrogen and oxygen atoms in total. The minimum Gasteiger partial charge on any atom is -0.508 e. The Morgan fingerprint density at radius 3 is 2.67 bits per heavy atom. The molecule has 0 spiro atoms. The fraction of sp³-hybridized carbons (Fsp3) is 0.467. The second-order valence-electron chi connectivity index (χ2n) is 11.2. The predicted molar refractivity (Wildman–Crippen MR) is 145 cm³/mol. The average Bonchev–Trinajstić information content (AvgIpc) is 3.39. The first kappa shape index (κ1) is 25.7. The number of amides is 3. The standard InChI is InChI=1S/C30H35FN4O4/c1-18-7-11-33(12-8-18)9-4-10-34-29(37)26-15-22-21-16-27(39-2)23(31)17-24(21)32-28(22)25(35(26)30(34)38)14-19-5-3-6-20(36)13-19/h3,5-6,13,16-18,25-26,32,36H,4,7-12,14-15H2,1-2H3/t25?,26-/m0/s1. The normalized spacial score (nSPS) is 22.0. The van der Waals surface area contributed by atoms with Crippen LogP contribution in [0.15, 0.2) is 36.4 Å². The molecular formula is C30H35FN4O4. The van der Waals surface area contributed by atoms with Crippen LogP contribution in [0, 0.1) is 11.7 Å². The van der Waals surface area contributed by atoms with Crippen molar-refractivity contribution in [3.05, 3.63) is 59.0 Å². The predicted octanol–water partition coefficient (Wildman–Crippen LogP) is 4.62. The van der Waals surface area contributed by atoms with Crippen LogP contribution in [-0.2, 0) is 17.6 Å². The van der Waals surface area contributed by atoms with E-state index < -0.39 is 17.9 Å². The zero-order valence-electron chi connectivity index (χ0n) is 22.5. The summed E-state index contributed by atoms with van der Waals surface area (Å²) in [6.45, 7) is 5.68. The Kier molecular flexibility index (Phi) is 6.71. The van der Waals surface area contributed by atoms with E-state index in [1.807, 2.05) is 6.07 Å². The lowest BCUT2D eigenvalue weighted by atomic mass is 9.89. The molecule has 2 fully saturated rings. The number of hydrogen-bond donors (Lipinski definition) is 2. The van der Waals surface area contributed by atoms with E-state index >= 15 is 0 Å². The van der Waals surface area contributed by atoms with Gasteiger partial charge in [0.1, 0.15) is 11.8 Å². The number of hydrogen-bond acceptors (Lipinski definition) is 5. The minimum atomic E-state index is -0.627. The molecule has 1 aromatic heterocycles. The number of H-pyrrole nitrogens is 1. The summed E-state index contributed by atoms with van der Waals surface area (Å²) in [5.74, 6) is 0.379. The lowest BCUT2D eigenvalue weighted by Gasteiger charge is -2.36. The van der Waals surface area contributed by atoms with Gasteiger partial charge < -0.3 is 24.6 Å². The molecule has 3 amide bonds. The van der Waals surface area contributed by atoms with Gasteiger partial charge in [-0.15, -0.1) is 0 Å². The number of halogens is 1. The molecule has 2 N–H and O–H groups in total. The third-order valence-electron chi connectivity index (χ3n) is 8.69. The van der Waals surface area contributed by atoms with Crippen LogP contribution in [0.2, 0.25) is 0 Å². The third-order valence-corrected chi connectivity index (χ3v) is 8.69. The number of aromatic amines is 1. The maximum Gasteiger partial charge on any atom is 0.328 e. The summed E-state index contributed by atoms with van der Waals surface area (Å²) in [6, 6.07) is 8.64. The van der Waals surface area contributed by atoms with E-state index in [2.05, 4.69) is 16.8 Å². The van der Waals surface area contributed by atoms with Gasteiger partial charge in [0.2, 0.25) is 0 Å². The van der Waals surface area contributed by atoms with Crippen molar-refractivity contribution in [1.29, 1.82) is 0 Å². The highest BCUT2D eigenvalue weighted by molar-refractivity contribution is 6.05. The molecule has 206 valence electrons. The number of carbonyl (C=O) groups is 2. The first-order chi connectivity index (χ1) is 18.8. The van der Waals surface area contributed by atoms with Gasteiger partial charge in [0, 0.05) is 35.6 Å². The summed E-state index contributed by atoms with van der Waals surface area (Å²) in [5.41, 5.74) is 3.14. The average molecular weight is 535 g/mol. The third kappa shape index (κ3) is 4.62. The van der Waals surface area contributed by atoms with E-state index in [-0.39, 0.29) is 23.4 Å². The summed E-state index contributed by atoms with van der Waals surface area (Å²) in [4.78, 5) is 36.4. The number of benzene rings is 2. The molecule has 9 heteroatoms. The molecule has 3 aliphatic heterocycles. The van der Waals surface area contributed by atoms with Crippen LogP contribution < -0.4 is 4.74 Å². The summed E-state index contributed by atoms with van der Waals surface area (Å²) >= 11 is 0. The van der Waals surface area contributed by atoms with Crippen LogP contribution in [0.25, 0.3) is 10.9 Å². The highest BCUT2D eigenvalue weighted by Crippen LogP contribution is 2.43. The molecule has 0 aliphatic carbocycles. The Morgan fingerprint density at radius 1 is 1.13 bits per heavy atom. The molecule has 39 heavy (non-hydrogen) atoms. The molecule has 2 atom stereocenters. The number of piperidine rings is 1. The lowest BCUT2D eigenvalue weighted by Crippen LogP contribution is -2.44. The van der Waals surface area contributed by atoms with Gasteiger partial charge in [-0.1, -0.05) is 19.1 Å². The zero-order chi connectivity index (χ0) is 27.3. The van der Waals surface area contributed by atoms with E-state index in [1.165, 1.54) is 30.9 Å². The molecule has 2 aromatic carbocycles. The number of phenolic OH excluding ortho intramolecular Hbond substituents is 1. The molecule has 0 bridgehead atoms. The first-order valence-corrected chi connectivity index (χ1v) is 13.9. The van der Waals surface area contributed by atoms with E-state index in [0.717, 1.165) is 54.2 Å². The number of carbonyl (C=O) groups excluding carboxylic acids is 2. The van der Waals surface area contributed by atoms with Crippen LogP contribution in [0.5, 0.6) is 11.5 Å². The summed E-state index contributed by atoms with van der Waals surface area (Å²) in [6.07, 6.45) is 3.88. The number of likely N-dealkylation sites (tertiary alicyclic amines) is 1. The van der Waals surface area contributed by atoms with Crippen molar-refractivity contribution in [2.24, 2.45) is 5.92 Å². The quantitative estimate of drug-likeness (QED) is 0.432. The highest BCUT2D eigenvalue weighted by atomic mass is 19.1. The molecule has 4 heterocycles. The van der Waals surface area contributed by atoms with Crippen LogP contribution in [0.1, 0.15) is 49.0 Å². The van der Waals surface area contributed by atoms with Crippen LogP contribution in [0.4, 0.5) is 9.18 Å². The van der Waals surface area contributed by atoms with Crippen molar-refractivity contribution in [2.75, 3.05) is 33.3 Å². The monoisotopic (exact) mass is 534 g/mol. The number of imide groups is 1. The minimum absolute atomic E-state index is 0.138. The number of nitrogens with one attached hydrogen (secondary N) is 1. The van der Waals surface area contributed by atoms with Crippen LogP contribution in [-0.4, -0.2) is 76.1 Å². The fourth-order valence-electron chi connectivity index (χ4n) is 6.52. The number of methoxy groups -OCH3 is 1. The van der Waals surface area contributed by atoms with Crippen LogP contribution in [0.3, 0.4) is 0 Å². The molecule has 2 saturated heterocycles. The van der Waals surface area contributed by atoms with Crippen molar-refractivity contribution in [3.63, 3.8) is 0 Å². The van der Waals surface area contributed by atoms with Gasteiger partial charge in [-0.05, 0) is 80.6 Å². The van der Waals surface area contributed by atoms with Gasteiger partial charge in [-0.2, -0.15) is 0 Å². The maximum atomic E-state index is 14.5. The molecule has 1 unspecified atom stereocenters. The van der Waals surface area contributed by atoms with E-state index in [9.17, 15) is 19.1 Å². The Labute approximate surface area is 227 Å². The first-order valence-electron chi connectivity index (χ1n) is 13.9. The molecule has 3 aliphatic rings. The number of phenols is 1. The summed E-state index contributed by atoms with van der Waals surface area (Å²) in [7, 11) is 1.43. The highest BCUT2D eigenvalue weighted by Gasteiger charge is 2.51. The van der Waals surface area contributed by atoms with Gasteiger partial charge in [0.25, 0.3) is 5.91 Å². The Bertz CT molecular complexity index is 1410. The molecule has 0 radical (unpaired) electrons. The Balaban J connectivity index is 1.31.